The fraction of sp³-hybridized carbons (Fsp3) is 0.0909. The molecule has 0 radical (unpaired) electrons. The molecule has 3 aromatic rings. The number of benzene rings is 3. The molecule has 32 heavy (non-hydrogen) atoms. The van der Waals surface area contributed by atoms with Crippen molar-refractivity contribution in [3.8, 4) is 0 Å². The molecule has 166 valence electrons. The molecular weight excluding hydrogens is 438 g/mol. The average Bonchev–Trinajstić information content (AvgIpc) is 2.73. The van der Waals surface area contributed by atoms with Crippen LogP contribution in [-0.4, -0.2) is 11.8 Å². The average molecular weight is 452 g/mol. The lowest BCUT2D eigenvalue weighted by Gasteiger charge is -2.14. The number of para-hydroxylation sites is 2. The van der Waals surface area contributed by atoms with E-state index in [9.17, 15) is 35.9 Å². The Kier molecular flexibility index (Phi) is 6.24. The van der Waals surface area contributed by atoms with Crippen LogP contribution in [0.2, 0.25) is 0 Å². The number of amides is 2. The first-order chi connectivity index (χ1) is 15.0. The van der Waals surface area contributed by atoms with Crippen molar-refractivity contribution < 1.29 is 35.9 Å². The highest BCUT2D eigenvalue weighted by Crippen LogP contribution is 2.35. The SMILES string of the molecule is O=C(Nc1ccccc1C(F)(F)F)c1cccc(C(=O)Nc2ccccc2C(F)(F)F)c1. The van der Waals surface area contributed by atoms with Crippen molar-refractivity contribution >= 4 is 23.2 Å². The molecule has 0 saturated carbocycles. The Balaban J connectivity index is 1.82. The van der Waals surface area contributed by atoms with Gasteiger partial charge in [-0.05, 0) is 42.5 Å². The van der Waals surface area contributed by atoms with Crippen LogP contribution >= 0.6 is 0 Å². The molecule has 0 atom stereocenters. The van der Waals surface area contributed by atoms with Crippen LogP contribution in [0.1, 0.15) is 31.8 Å². The highest BCUT2D eigenvalue weighted by Gasteiger charge is 2.34. The van der Waals surface area contributed by atoms with Crippen molar-refractivity contribution in [2.24, 2.45) is 0 Å². The van der Waals surface area contributed by atoms with Crippen molar-refractivity contribution in [1.82, 2.24) is 0 Å². The second kappa shape index (κ2) is 8.74. The first-order valence-corrected chi connectivity index (χ1v) is 9.02. The Morgan fingerprint density at radius 2 is 0.938 bits per heavy atom. The molecular formula is C22H14F6N2O2. The highest BCUT2D eigenvalue weighted by molar-refractivity contribution is 6.09. The summed E-state index contributed by atoms with van der Waals surface area (Å²) in [5.41, 5.74) is -3.35. The van der Waals surface area contributed by atoms with Gasteiger partial charge in [0, 0.05) is 11.1 Å². The first-order valence-electron chi connectivity index (χ1n) is 9.02. The van der Waals surface area contributed by atoms with E-state index in [0.717, 1.165) is 30.3 Å². The predicted octanol–water partition coefficient (Wildman–Crippen LogP) is 6.23. The summed E-state index contributed by atoms with van der Waals surface area (Å²) in [5, 5.41) is 4.28. The Morgan fingerprint density at radius 1 is 0.562 bits per heavy atom. The van der Waals surface area contributed by atoms with Crippen molar-refractivity contribution in [3.63, 3.8) is 0 Å². The van der Waals surface area contributed by atoms with E-state index in [4.69, 9.17) is 0 Å². The van der Waals surface area contributed by atoms with E-state index in [1.807, 2.05) is 0 Å². The van der Waals surface area contributed by atoms with E-state index < -0.39 is 46.7 Å². The summed E-state index contributed by atoms with van der Waals surface area (Å²) >= 11 is 0. The normalized spacial score (nSPS) is 11.7. The van der Waals surface area contributed by atoms with Gasteiger partial charge in [-0.3, -0.25) is 9.59 Å². The quantitative estimate of drug-likeness (QED) is 0.461. The largest absolute Gasteiger partial charge is 0.418 e. The molecule has 3 rings (SSSR count). The zero-order valence-corrected chi connectivity index (χ0v) is 16.0. The third kappa shape index (κ3) is 5.26. The second-order valence-electron chi connectivity index (χ2n) is 6.58. The molecule has 0 fully saturated rings. The smallest absolute Gasteiger partial charge is 0.321 e. The molecule has 0 unspecified atom stereocenters. The molecule has 0 aliphatic heterocycles. The number of carbonyl (C=O) groups is 2. The highest BCUT2D eigenvalue weighted by atomic mass is 19.4. The topological polar surface area (TPSA) is 58.2 Å². The van der Waals surface area contributed by atoms with Gasteiger partial charge in [0.05, 0.1) is 22.5 Å². The van der Waals surface area contributed by atoms with Crippen LogP contribution in [0.15, 0.2) is 72.8 Å². The molecule has 2 N–H and O–H groups in total. The van der Waals surface area contributed by atoms with Crippen LogP contribution < -0.4 is 10.6 Å². The van der Waals surface area contributed by atoms with Gasteiger partial charge in [0.25, 0.3) is 11.8 Å². The van der Waals surface area contributed by atoms with Crippen LogP contribution in [0.25, 0.3) is 0 Å². The van der Waals surface area contributed by atoms with Crippen LogP contribution in [0, 0.1) is 0 Å². The molecule has 0 aliphatic carbocycles. The number of halogens is 6. The third-order valence-corrected chi connectivity index (χ3v) is 4.35. The van der Waals surface area contributed by atoms with E-state index in [-0.39, 0.29) is 11.1 Å². The van der Waals surface area contributed by atoms with Gasteiger partial charge in [0.2, 0.25) is 0 Å². The van der Waals surface area contributed by atoms with Gasteiger partial charge in [-0.15, -0.1) is 0 Å². The summed E-state index contributed by atoms with van der Waals surface area (Å²) < 4.78 is 78.7. The monoisotopic (exact) mass is 452 g/mol. The van der Waals surface area contributed by atoms with Crippen molar-refractivity contribution in [2.45, 2.75) is 12.4 Å². The molecule has 0 spiro atoms. The fourth-order valence-electron chi connectivity index (χ4n) is 2.87. The minimum Gasteiger partial charge on any atom is -0.321 e. The third-order valence-electron chi connectivity index (χ3n) is 4.35. The van der Waals surface area contributed by atoms with E-state index in [0.29, 0.717) is 0 Å². The van der Waals surface area contributed by atoms with Crippen molar-refractivity contribution in [1.29, 1.82) is 0 Å². The van der Waals surface area contributed by atoms with Crippen LogP contribution in [0.5, 0.6) is 0 Å². The standard InChI is InChI=1S/C22H14F6N2O2/c23-21(24,25)15-8-1-3-10-17(15)29-19(31)13-6-5-7-14(12-13)20(32)30-18-11-4-2-9-16(18)22(26,27)28/h1-12H,(H,29,31)(H,30,32). The maximum Gasteiger partial charge on any atom is 0.418 e. The van der Waals surface area contributed by atoms with Gasteiger partial charge in [0.1, 0.15) is 0 Å². The lowest BCUT2D eigenvalue weighted by Crippen LogP contribution is -2.19. The van der Waals surface area contributed by atoms with Crippen LogP contribution in [0.4, 0.5) is 37.7 Å². The van der Waals surface area contributed by atoms with Crippen LogP contribution in [-0.2, 0) is 12.4 Å². The van der Waals surface area contributed by atoms with Gasteiger partial charge in [-0.1, -0.05) is 30.3 Å². The molecule has 2 amide bonds. The maximum absolute atomic E-state index is 13.1. The van der Waals surface area contributed by atoms with E-state index in [2.05, 4.69) is 10.6 Å². The fourth-order valence-corrected chi connectivity index (χ4v) is 2.87. The number of carbonyl (C=O) groups excluding carboxylic acids is 2. The number of alkyl halides is 6. The van der Waals surface area contributed by atoms with Gasteiger partial charge in [-0.25, -0.2) is 0 Å². The molecule has 10 heteroatoms. The van der Waals surface area contributed by atoms with Gasteiger partial charge in [0.15, 0.2) is 0 Å². The summed E-state index contributed by atoms with van der Waals surface area (Å²) in [7, 11) is 0. The minimum absolute atomic E-state index is 0.154. The lowest BCUT2D eigenvalue weighted by molar-refractivity contribution is -0.137. The summed E-state index contributed by atoms with van der Waals surface area (Å²) in [6.45, 7) is 0. The molecule has 0 bridgehead atoms. The van der Waals surface area contributed by atoms with Crippen molar-refractivity contribution in [2.75, 3.05) is 10.6 Å². The summed E-state index contributed by atoms with van der Waals surface area (Å²) in [4.78, 5) is 24.9. The summed E-state index contributed by atoms with van der Waals surface area (Å²) in [6.07, 6.45) is -9.39. The second-order valence-corrected chi connectivity index (χ2v) is 6.58. The van der Waals surface area contributed by atoms with Crippen LogP contribution in [0.3, 0.4) is 0 Å². The molecule has 0 saturated heterocycles. The molecule has 0 aliphatic rings. The number of nitrogens with one attached hydrogen (secondary N) is 2. The van der Waals surface area contributed by atoms with Gasteiger partial charge in [-0.2, -0.15) is 26.3 Å². The number of anilines is 2. The summed E-state index contributed by atoms with van der Waals surface area (Å²) in [6, 6.07) is 13.6. The van der Waals surface area contributed by atoms with Crippen molar-refractivity contribution in [3.05, 3.63) is 95.1 Å². The number of hydrogen-bond donors (Lipinski definition) is 2. The Hall–Kier alpha value is -3.82. The van der Waals surface area contributed by atoms with Gasteiger partial charge >= 0.3 is 12.4 Å². The first kappa shape index (κ1) is 22.9. The van der Waals surface area contributed by atoms with E-state index in [1.54, 1.807) is 0 Å². The van der Waals surface area contributed by atoms with E-state index in [1.165, 1.54) is 42.5 Å². The Morgan fingerprint density at radius 3 is 1.31 bits per heavy atom. The zero-order valence-electron chi connectivity index (χ0n) is 16.0. The van der Waals surface area contributed by atoms with Gasteiger partial charge < -0.3 is 10.6 Å². The minimum atomic E-state index is -4.70. The van der Waals surface area contributed by atoms with E-state index >= 15 is 0 Å². The molecule has 4 nitrogen and oxygen atoms in total. The Bertz CT molecular complexity index is 1070. The number of rotatable bonds is 4. The number of hydrogen-bond acceptors (Lipinski definition) is 2. The molecule has 0 heterocycles. The molecule has 0 aromatic heterocycles. The zero-order chi connectivity index (χ0) is 23.5. The maximum atomic E-state index is 13.1. The predicted molar refractivity (Wildman–Crippen MR) is 105 cm³/mol. The lowest BCUT2D eigenvalue weighted by atomic mass is 10.1. The molecule has 3 aromatic carbocycles. The Labute approximate surface area is 177 Å². The summed E-state index contributed by atoms with van der Waals surface area (Å²) in [5.74, 6) is -1.85.